The molecular formula is C16H26N2O2. The Morgan fingerprint density at radius 1 is 0.850 bits per heavy atom. The van der Waals surface area contributed by atoms with Gasteiger partial charge in [0.15, 0.2) is 0 Å². The molecule has 112 valence electrons. The van der Waals surface area contributed by atoms with E-state index >= 15 is 0 Å². The molecule has 2 N–H and O–H groups in total. The van der Waals surface area contributed by atoms with E-state index in [1.165, 1.54) is 32.1 Å². The van der Waals surface area contributed by atoms with Gasteiger partial charge in [0, 0.05) is 24.4 Å². The monoisotopic (exact) mass is 278 g/mol. The second kappa shape index (κ2) is 5.74. The van der Waals surface area contributed by atoms with E-state index in [2.05, 4.69) is 4.90 Å². The zero-order valence-corrected chi connectivity index (χ0v) is 12.2. The first kappa shape index (κ1) is 13.9. The highest BCUT2D eigenvalue weighted by atomic mass is 16.2. The van der Waals surface area contributed by atoms with E-state index in [1.807, 2.05) is 0 Å². The molecule has 0 aromatic rings. The smallest absolute Gasteiger partial charge is 0.225 e. The fraction of sp³-hybridized carbons (Fsp3) is 0.875. The third-order valence-electron chi connectivity index (χ3n) is 5.77. The predicted octanol–water partition coefficient (Wildman–Crippen LogP) is 2.07. The van der Waals surface area contributed by atoms with E-state index < -0.39 is 0 Å². The van der Waals surface area contributed by atoms with Crippen molar-refractivity contribution in [1.82, 2.24) is 4.90 Å². The van der Waals surface area contributed by atoms with Gasteiger partial charge >= 0.3 is 0 Å². The van der Waals surface area contributed by atoms with Gasteiger partial charge in [-0.15, -0.1) is 0 Å². The molecule has 3 aliphatic rings. The molecule has 0 aromatic heterocycles. The lowest BCUT2D eigenvalue weighted by Gasteiger charge is -2.35. The number of amides is 2. The van der Waals surface area contributed by atoms with Crippen LogP contribution in [0.4, 0.5) is 0 Å². The first-order valence-electron chi connectivity index (χ1n) is 8.26. The van der Waals surface area contributed by atoms with Crippen LogP contribution in [0.1, 0.15) is 57.8 Å². The van der Waals surface area contributed by atoms with E-state index in [4.69, 9.17) is 5.73 Å². The Balaban J connectivity index is 1.58. The average Bonchev–Trinajstić information content (AvgIpc) is 2.90. The number of rotatable bonds is 2. The Hall–Kier alpha value is -1.06. The number of carbonyl (C=O) groups is 2. The van der Waals surface area contributed by atoms with Gasteiger partial charge in [-0.1, -0.05) is 12.8 Å². The lowest BCUT2D eigenvalue weighted by atomic mass is 9.80. The fourth-order valence-corrected chi connectivity index (χ4v) is 4.54. The van der Waals surface area contributed by atoms with Crippen LogP contribution in [-0.2, 0) is 9.59 Å². The van der Waals surface area contributed by atoms with Gasteiger partial charge in [0.2, 0.25) is 11.8 Å². The molecule has 3 rings (SSSR count). The van der Waals surface area contributed by atoms with Crippen LogP contribution in [-0.4, -0.2) is 29.3 Å². The molecule has 2 saturated carbocycles. The summed E-state index contributed by atoms with van der Waals surface area (Å²) >= 11 is 0. The molecule has 1 heterocycles. The third kappa shape index (κ3) is 2.57. The summed E-state index contributed by atoms with van der Waals surface area (Å²) in [5.41, 5.74) is 5.36. The molecule has 0 bridgehead atoms. The molecule has 1 saturated heterocycles. The van der Waals surface area contributed by atoms with Crippen LogP contribution in [0, 0.1) is 17.8 Å². The zero-order chi connectivity index (χ0) is 14.1. The van der Waals surface area contributed by atoms with Gasteiger partial charge in [-0.2, -0.15) is 0 Å². The molecule has 4 nitrogen and oxygen atoms in total. The van der Waals surface area contributed by atoms with Gasteiger partial charge in [0.25, 0.3) is 0 Å². The number of nitrogens with two attached hydrogens (primary N) is 1. The third-order valence-corrected chi connectivity index (χ3v) is 5.77. The van der Waals surface area contributed by atoms with Crippen LogP contribution in [0.15, 0.2) is 0 Å². The number of hydrogen-bond donors (Lipinski definition) is 1. The van der Waals surface area contributed by atoms with Crippen LogP contribution in [0.25, 0.3) is 0 Å². The Morgan fingerprint density at radius 2 is 1.50 bits per heavy atom. The largest absolute Gasteiger partial charge is 0.369 e. The number of carbonyl (C=O) groups excluding carboxylic acids is 2. The summed E-state index contributed by atoms with van der Waals surface area (Å²) in [5, 5.41) is 0. The van der Waals surface area contributed by atoms with Gasteiger partial charge in [-0.05, 0) is 50.9 Å². The van der Waals surface area contributed by atoms with Crippen molar-refractivity contribution >= 4 is 11.8 Å². The van der Waals surface area contributed by atoms with Gasteiger partial charge in [-0.25, -0.2) is 0 Å². The van der Waals surface area contributed by atoms with E-state index in [-0.39, 0.29) is 17.7 Å². The highest BCUT2D eigenvalue weighted by molar-refractivity contribution is 5.81. The molecule has 2 aliphatic carbocycles. The molecule has 3 fully saturated rings. The minimum absolute atomic E-state index is 0.0000529. The van der Waals surface area contributed by atoms with Crippen molar-refractivity contribution in [3.63, 3.8) is 0 Å². The summed E-state index contributed by atoms with van der Waals surface area (Å²) in [7, 11) is 0. The standard InChI is InChI=1S/C16H26N2O2/c17-15(19)12-5-7-13(8-6-12)16(20)18-10-9-11-3-1-2-4-14(11)18/h11-14H,1-10H2,(H2,17,19)/t11-,12?,13?,14-/m1/s1. The van der Waals surface area contributed by atoms with E-state index in [0.29, 0.717) is 11.9 Å². The maximum Gasteiger partial charge on any atom is 0.225 e. The van der Waals surface area contributed by atoms with E-state index in [0.717, 1.165) is 38.1 Å². The second-order valence-corrected chi connectivity index (χ2v) is 6.88. The lowest BCUT2D eigenvalue weighted by molar-refractivity contribution is -0.139. The number of likely N-dealkylation sites (tertiary alicyclic amines) is 1. The summed E-state index contributed by atoms with van der Waals surface area (Å²) in [5.74, 6) is 1.08. The molecule has 2 atom stereocenters. The highest BCUT2D eigenvalue weighted by Gasteiger charge is 2.41. The molecule has 0 aromatic carbocycles. The molecular weight excluding hydrogens is 252 g/mol. The first-order chi connectivity index (χ1) is 9.66. The quantitative estimate of drug-likeness (QED) is 0.840. The van der Waals surface area contributed by atoms with Gasteiger partial charge in [0.1, 0.15) is 0 Å². The van der Waals surface area contributed by atoms with Gasteiger partial charge < -0.3 is 10.6 Å². The average molecular weight is 278 g/mol. The Morgan fingerprint density at radius 3 is 2.20 bits per heavy atom. The van der Waals surface area contributed by atoms with Crippen LogP contribution < -0.4 is 5.73 Å². The summed E-state index contributed by atoms with van der Waals surface area (Å²) in [6.45, 7) is 0.962. The lowest BCUT2D eigenvalue weighted by Crippen LogP contribution is -2.43. The molecule has 2 amide bonds. The Kier molecular flexibility index (Phi) is 3.99. The Labute approximate surface area is 121 Å². The van der Waals surface area contributed by atoms with Crippen LogP contribution in [0.5, 0.6) is 0 Å². The maximum absolute atomic E-state index is 12.7. The zero-order valence-electron chi connectivity index (χ0n) is 12.2. The number of hydrogen-bond acceptors (Lipinski definition) is 2. The molecule has 1 aliphatic heterocycles. The summed E-state index contributed by atoms with van der Waals surface area (Å²) in [6.07, 6.45) is 9.62. The number of nitrogens with zero attached hydrogens (tertiary/aromatic N) is 1. The van der Waals surface area contributed by atoms with Crippen molar-refractivity contribution in [2.45, 2.75) is 63.8 Å². The van der Waals surface area contributed by atoms with Crippen molar-refractivity contribution in [3.8, 4) is 0 Å². The topological polar surface area (TPSA) is 63.4 Å². The molecule has 0 radical (unpaired) electrons. The summed E-state index contributed by atoms with van der Waals surface area (Å²) in [4.78, 5) is 26.1. The summed E-state index contributed by atoms with van der Waals surface area (Å²) < 4.78 is 0. The van der Waals surface area contributed by atoms with Crippen LogP contribution in [0.3, 0.4) is 0 Å². The van der Waals surface area contributed by atoms with Crippen molar-refractivity contribution in [3.05, 3.63) is 0 Å². The first-order valence-corrected chi connectivity index (χ1v) is 8.26. The molecule has 20 heavy (non-hydrogen) atoms. The second-order valence-electron chi connectivity index (χ2n) is 6.88. The van der Waals surface area contributed by atoms with Crippen LogP contribution in [0.2, 0.25) is 0 Å². The fourth-order valence-electron chi connectivity index (χ4n) is 4.54. The van der Waals surface area contributed by atoms with Crippen LogP contribution >= 0.6 is 0 Å². The molecule has 0 spiro atoms. The van der Waals surface area contributed by atoms with Crippen molar-refractivity contribution in [2.75, 3.05) is 6.54 Å². The van der Waals surface area contributed by atoms with Gasteiger partial charge in [-0.3, -0.25) is 9.59 Å². The van der Waals surface area contributed by atoms with Crippen molar-refractivity contribution < 1.29 is 9.59 Å². The molecule has 0 unspecified atom stereocenters. The van der Waals surface area contributed by atoms with Crippen molar-refractivity contribution in [2.24, 2.45) is 23.5 Å². The molecule has 4 heteroatoms. The highest BCUT2D eigenvalue weighted by Crippen LogP contribution is 2.38. The number of fused-ring (bicyclic) bond motifs is 1. The SMILES string of the molecule is NC(=O)C1CCC(C(=O)N2CC[C@H]3CCCC[C@H]32)CC1. The minimum atomic E-state index is -0.190. The van der Waals surface area contributed by atoms with Crippen molar-refractivity contribution in [1.29, 1.82) is 0 Å². The minimum Gasteiger partial charge on any atom is -0.369 e. The summed E-state index contributed by atoms with van der Waals surface area (Å²) in [6, 6.07) is 0.519. The maximum atomic E-state index is 12.7. The predicted molar refractivity (Wildman–Crippen MR) is 76.7 cm³/mol. The Bertz CT molecular complexity index is 388. The van der Waals surface area contributed by atoms with Gasteiger partial charge in [0.05, 0.1) is 0 Å². The van der Waals surface area contributed by atoms with E-state index in [9.17, 15) is 9.59 Å². The van der Waals surface area contributed by atoms with E-state index in [1.54, 1.807) is 0 Å². The normalized spacial score (nSPS) is 37.5. The number of primary amides is 1.